The summed E-state index contributed by atoms with van der Waals surface area (Å²) in [7, 11) is 0. The van der Waals surface area contributed by atoms with E-state index in [9.17, 15) is 14.0 Å². The Morgan fingerprint density at radius 3 is 2.67 bits per heavy atom. The molecule has 1 aromatic carbocycles. The van der Waals surface area contributed by atoms with Crippen molar-refractivity contribution in [3.05, 3.63) is 40.5 Å². The third-order valence-electron chi connectivity index (χ3n) is 3.65. The molecule has 2 aromatic rings. The van der Waals surface area contributed by atoms with E-state index >= 15 is 0 Å². The quantitative estimate of drug-likeness (QED) is 0.807. The number of nitrogens with one attached hydrogen (secondary N) is 2. The van der Waals surface area contributed by atoms with Gasteiger partial charge in [0.15, 0.2) is 0 Å². The molecular weight excluding hydrogens is 329 g/mol. The fourth-order valence-corrected chi connectivity index (χ4v) is 2.98. The third-order valence-corrected chi connectivity index (χ3v) is 4.55. The molecule has 2 amide bonds. The van der Waals surface area contributed by atoms with Crippen molar-refractivity contribution in [3.63, 3.8) is 0 Å². The summed E-state index contributed by atoms with van der Waals surface area (Å²) >= 11 is 1.47. The zero-order valence-corrected chi connectivity index (χ0v) is 13.9. The zero-order valence-electron chi connectivity index (χ0n) is 13.0. The van der Waals surface area contributed by atoms with Crippen LogP contribution in [0.2, 0.25) is 0 Å². The number of aryl methyl sites for hydroxylation is 1. The van der Waals surface area contributed by atoms with Crippen molar-refractivity contribution in [1.29, 1.82) is 0 Å². The number of hydrogen-bond acceptors (Lipinski definition) is 4. The van der Waals surface area contributed by atoms with Gasteiger partial charge in [-0.2, -0.15) is 0 Å². The summed E-state index contributed by atoms with van der Waals surface area (Å²) in [6, 6.07) is 6.46. The molecule has 0 saturated heterocycles. The summed E-state index contributed by atoms with van der Waals surface area (Å²) in [5, 5.41) is 8.16. The highest BCUT2D eigenvalue weighted by Crippen LogP contribution is 2.22. The number of rotatable bonds is 7. The molecule has 1 aromatic heterocycles. The van der Waals surface area contributed by atoms with E-state index in [1.807, 2.05) is 5.38 Å². The van der Waals surface area contributed by atoms with E-state index in [0.717, 1.165) is 29.1 Å². The predicted octanol–water partition coefficient (Wildman–Crippen LogP) is 2.28. The molecule has 0 aliphatic heterocycles. The second-order valence-electron chi connectivity index (χ2n) is 5.75. The number of thiazole rings is 1. The van der Waals surface area contributed by atoms with Gasteiger partial charge in [-0.1, -0.05) is 0 Å². The summed E-state index contributed by atoms with van der Waals surface area (Å²) < 4.78 is 12.9. The molecule has 1 aliphatic rings. The lowest BCUT2D eigenvalue weighted by Crippen LogP contribution is -2.37. The molecule has 1 aliphatic carbocycles. The average Bonchev–Trinajstić information content (AvgIpc) is 3.25. The molecular formula is C17H18FN3O2S. The summed E-state index contributed by atoms with van der Waals surface area (Å²) in [5.41, 5.74) is 1.62. The Balaban J connectivity index is 1.43. The van der Waals surface area contributed by atoms with Gasteiger partial charge in [0.1, 0.15) is 5.82 Å². The first-order valence-corrected chi connectivity index (χ1v) is 8.74. The van der Waals surface area contributed by atoms with Gasteiger partial charge in [-0.05, 0) is 37.1 Å². The van der Waals surface area contributed by atoms with Crippen LogP contribution in [0.5, 0.6) is 0 Å². The molecule has 1 heterocycles. The summed E-state index contributed by atoms with van der Waals surface area (Å²) in [6.07, 6.45) is 2.86. The molecule has 7 heteroatoms. The number of hydrogen-bond donors (Lipinski definition) is 2. The molecule has 0 radical (unpaired) electrons. The number of carbonyl (C=O) groups excluding carboxylic acids is 2. The average molecular weight is 347 g/mol. The molecule has 0 bridgehead atoms. The van der Waals surface area contributed by atoms with Crippen molar-refractivity contribution < 1.29 is 14.0 Å². The van der Waals surface area contributed by atoms with Crippen LogP contribution in [0.3, 0.4) is 0 Å². The third kappa shape index (κ3) is 4.86. The van der Waals surface area contributed by atoms with Crippen LogP contribution in [0.4, 0.5) is 4.39 Å². The van der Waals surface area contributed by atoms with Gasteiger partial charge in [0.2, 0.25) is 11.8 Å². The van der Waals surface area contributed by atoms with Crippen LogP contribution in [0, 0.1) is 5.82 Å². The van der Waals surface area contributed by atoms with Gasteiger partial charge in [-0.15, -0.1) is 11.3 Å². The predicted molar refractivity (Wildman–Crippen MR) is 90.0 cm³/mol. The van der Waals surface area contributed by atoms with Crippen LogP contribution in [0.1, 0.15) is 24.3 Å². The Labute approximate surface area is 143 Å². The number of amides is 2. The fourth-order valence-electron chi connectivity index (χ4n) is 2.17. The first-order chi connectivity index (χ1) is 11.6. The fraction of sp³-hybridized carbons (Fsp3) is 0.353. The largest absolute Gasteiger partial charge is 0.352 e. The van der Waals surface area contributed by atoms with Crippen LogP contribution in [0.15, 0.2) is 29.6 Å². The van der Waals surface area contributed by atoms with Gasteiger partial charge in [-0.3, -0.25) is 9.59 Å². The normalized spacial score (nSPS) is 13.5. The highest BCUT2D eigenvalue weighted by atomic mass is 32.1. The van der Waals surface area contributed by atoms with E-state index < -0.39 is 0 Å². The molecule has 0 atom stereocenters. The maximum absolute atomic E-state index is 12.9. The van der Waals surface area contributed by atoms with E-state index in [4.69, 9.17) is 0 Å². The first kappa shape index (κ1) is 16.6. The molecule has 1 fully saturated rings. The summed E-state index contributed by atoms with van der Waals surface area (Å²) in [4.78, 5) is 27.7. The monoisotopic (exact) mass is 347 g/mol. The molecule has 0 spiro atoms. The first-order valence-electron chi connectivity index (χ1n) is 7.86. The molecule has 0 unspecified atom stereocenters. The smallest absolute Gasteiger partial charge is 0.239 e. The number of carbonyl (C=O) groups is 2. The van der Waals surface area contributed by atoms with E-state index in [1.54, 1.807) is 12.1 Å². The lowest BCUT2D eigenvalue weighted by molar-refractivity contribution is -0.126. The van der Waals surface area contributed by atoms with Crippen molar-refractivity contribution in [1.82, 2.24) is 15.6 Å². The lowest BCUT2D eigenvalue weighted by Gasteiger charge is -2.05. The highest BCUT2D eigenvalue weighted by molar-refractivity contribution is 7.09. The van der Waals surface area contributed by atoms with Gasteiger partial charge >= 0.3 is 0 Å². The minimum Gasteiger partial charge on any atom is -0.352 e. The van der Waals surface area contributed by atoms with Gasteiger partial charge in [-0.25, -0.2) is 9.37 Å². The second-order valence-corrected chi connectivity index (χ2v) is 6.69. The number of nitrogens with zero attached hydrogens (tertiary/aromatic N) is 1. The molecule has 126 valence electrons. The maximum Gasteiger partial charge on any atom is 0.239 e. The minimum atomic E-state index is -0.281. The summed E-state index contributed by atoms with van der Waals surface area (Å²) in [6.45, 7) is 0.0219. The van der Waals surface area contributed by atoms with Crippen molar-refractivity contribution in [2.45, 2.75) is 31.7 Å². The van der Waals surface area contributed by atoms with Gasteiger partial charge in [0.25, 0.3) is 0 Å². The second kappa shape index (κ2) is 7.53. The Morgan fingerprint density at radius 2 is 1.96 bits per heavy atom. The van der Waals surface area contributed by atoms with Crippen molar-refractivity contribution in [2.24, 2.45) is 0 Å². The number of halogens is 1. The summed E-state index contributed by atoms with van der Waals surface area (Å²) in [5.74, 6) is -0.588. The number of aromatic nitrogens is 1. The molecule has 24 heavy (non-hydrogen) atoms. The van der Waals surface area contributed by atoms with E-state index in [1.165, 1.54) is 23.5 Å². The van der Waals surface area contributed by atoms with Gasteiger partial charge in [0, 0.05) is 29.8 Å². The van der Waals surface area contributed by atoms with Crippen molar-refractivity contribution in [3.8, 4) is 11.3 Å². The minimum absolute atomic E-state index is 0.0219. The molecule has 1 saturated carbocycles. The van der Waals surface area contributed by atoms with Crippen LogP contribution in [-0.4, -0.2) is 29.4 Å². The van der Waals surface area contributed by atoms with E-state index in [-0.39, 0.29) is 30.6 Å². The Bertz CT molecular complexity index is 726. The van der Waals surface area contributed by atoms with Gasteiger partial charge in [0.05, 0.1) is 17.2 Å². The highest BCUT2D eigenvalue weighted by Gasteiger charge is 2.23. The van der Waals surface area contributed by atoms with Crippen LogP contribution >= 0.6 is 11.3 Å². The standard InChI is InChI=1S/C17H18FN3O2S/c18-12-3-1-11(2-4-12)14-10-24-17(21-14)8-7-15(22)19-9-16(23)20-13-5-6-13/h1-4,10,13H,5-9H2,(H,19,22)(H,20,23). The Kier molecular flexibility index (Phi) is 5.20. The molecule has 3 rings (SSSR count). The zero-order chi connectivity index (χ0) is 16.9. The SMILES string of the molecule is O=C(CCc1nc(-c2ccc(F)cc2)cs1)NCC(=O)NC1CC1. The number of benzene rings is 1. The topological polar surface area (TPSA) is 71.1 Å². The lowest BCUT2D eigenvalue weighted by atomic mass is 10.2. The van der Waals surface area contributed by atoms with E-state index in [2.05, 4.69) is 15.6 Å². The van der Waals surface area contributed by atoms with Crippen LogP contribution < -0.4 is 10.6 Å². The Hall–Kier alpha value is -2.28. The molecule has 5 nitrogen and oxygen atoms in total. The van der Waals surface area contributed by atoms with Crippen molar-refractivity contribution >= 4 is 23.2 Å². The van der Waals surface area contributed by atoms with Crippen LogP contribution in [0.25, 0.3) is 11.3 Å². The maximum atomic E-state index is 12.9. The van der Waals surface area contributed by atoms with Crippen molar-refractivity contribution in [2.75, 3.05) is 6.54 Å². The van der Waals surface area contributed by atoms with Gasteiger partial charge < -0.3 is 10.6 Å². The molecule has 2 N–H and O–H groups in total. The Morgan fingerprint density at radius 1 is 1.21 bits per heavy atom. The van der Waals surface area contributed by atoms with Crippen LogP contribution in [-0.2, 0) is 16.0 Å². The van der Waals surface area contributed by atoms with E-state index in [0.29, 0.717) is 12.5 Å².